The van der Waals surface area contributed by atoms with Gasteiger partial charge < -0.3 is 26.4 Å². The van der Waals surface area contributed by atoms with Crippen LogP contribution in [0.2, 0.25) is 4.34 Å². The lowest BCUT2D eigenvalue weighted by Gasteiger charge is -2.28. The molecule has 5 N–H and O–H groups in total. The second-order valence-corrected chi connectivity index (χ2v) is 11.8. The molecule has 2 amide bonds. The van der Waals surface area contributed by atoms with Gasteiger partial charge >= 0.3 is 6.09 Å². The Morgan fingerprint density at radius 3 is 2.60 bits per heavy atom. The van der Waals surface area contributed by atoms with E-state index >= 15 is 4.39 Å². The zero-order chi connectivity index (χ0) is 29.2. The van der Waals surface area contributed by atoms with E-state index in [1.165, 1.54) is 11.3 Å². The molecule has 3 heterocycles. The van der Waals surface area contributed by atoms with Gasteiger partial charge in [-0.15, -0.1) is 11.3 Å². The molecule has 4 rings (SSSR count). The van der Waals surface area contributed by atoms with Gasteiger partial charge in [0, 0.05) is 16.8 Å². The highest BCUT2D eigenvalue weighted by Gasteiger charge is 2.27. The van der Waals surface area contributed by atoms with Crippen molar-refractivity contribution in [2.45, 2.75) is 58.8 Å². The van der Waals surface area contributed by atoms with Crippen molar-refractivity contribution in [3.8, 4) is 0 Å². The molecule has 40 heavy (non-hydrogen) atoms. The van der Waals surface area contributed by atoms with Crippen LogP contribution in [0.15, 0.2) is 42.6 Å². The number of hydrogen-bond donors (Lipinski definition) is 4. The van der Waals surface area contributed by atoms with Crippen LogP contribution in [0.25, 0.3) is 10.9 Å². The highest BCUT2D eigenvalue weighted by atomic mass is 35.5. The third kappa shape index (κ3) is 6.62. The second kappa shape index (κ2) is 11.7. The fourth-order valence-corrected chi connectivity index (χ4v) is 5.34. The summed E-state index contributed by atoms with van der Waals surface area (Å²) in [5, 5.41) is 14.2. The van der Waals surface area contributed by atoms with Crippen molar-refractivity contribution in [1.82, 2.24) is 20.1 Å². The van der Waals surface area contributed by atoms with Crippen LogP contribution >= 0.6 is 22.9 Å². The number of alkyl carbamates (subject to hydrolysis) is 1. The standard InChI is InChI=1S/C27H31ClFN7O3S/c1-6-36-19-9-7-8-18(16(19)13-31-36)33-24-15(23(30)37)12-17(29)25(35-24)34-22(20-10-11-21(28)40-20)14(2)32-26(38)39-27(3,4)5/h7-14,22H,6H2,1-5H3,(H2,30,37)(H,32,38)(H2,33,34,35)/t14-,22-/m0/s1. The molecule has 0 unspecified atom stereocenters. The Bertz CT molecular complexity index is 1550. The van der Waals surface area contributed by atoms with E-state index in [1.807, 2.05) is 23.7 Å². The number of carbonyl (C=O) groups is 2. The first kappa shape index (κ1) is 29.1. The number of primary amides is 1. The number of ether oxygens (including phenoxy) is 1. The molecule has 0 aliphatic heterocycles. The molecule has 212 valence electrons. The predicted octanol–water partition coefficient (Wildman–Crippen LogP) is 6.21. The normalized spacial score (nSPS) is 13.1. The summed E-state index contributed by atoms with van der Waals surface area (Å²) in [6, 6.07) is 8.85. The predicted molar refractivity (Wildman–Crippen MR) is 156 cm³/mol. The average Bonchev–Trinajstić information content (AvgIpc) is 3.48. The Labute approximate surface area is 240 Å². The smallest absolute Gasteiger partial charge is 0.407 e. The first-order chi connectivity index (χ1) is 18.9. The van der Waals surface area contributed by atoms with Crippen LogP contribution in [0.3, 0.4) is 0 Å². The lowest BCUT2D eigenvalue weighted by Crippen LogP contribution is -2.42. The van der Waals surface area contributed by atoms with Gasteiger partial charge in [0.05, 0.1) is 39.4 Å². The van der Waals surface area contributed by atoms with Crippen molar-refractivity contribution in [1.29, 1.82) is 0 Å². The summed E-state index contributed by atoms with van der Waals surface area (Å²) < 4.78 is 23.1. The number of carbonyl (C=O) groups excluding carboxylic acids is 2. The molecule has 2 atom stereocenters. The highest BCUT2D eigenvalue weighted by Crippen LogP contribution is 2.34. The van der Waals surface area contributed by atoms with E-state index in [0.29, 0.717) is 16.6 Å². The van der Waals surface area contributed by atoms with E-state index in [4.69, 9.17) is 22.1 Å². The Balaban J connectivity index is 1.70. The van der Waals surface area contributed by atoms with Gasteiger partial charge in [-0.25, -0.2) is 14.2 Å². The fraction of sp³-hybridized carbons (Fsp3) is 0.333. The first-order valence-corrected chi connectivity index (χ1v) is 13.8. The molecule has 0 fully saturated rings. The third-order valence-electron chi connectivity index (χ3n) is 5.92. The summed E-state index contributed by atoms with van der Waals surface area (Å²) in [5.41, 5.74) is 6.25. The summed E-state index contributed by atoms with van der Waals surface area (Å²) in [7, 11) is 0. The Hall–Kier alpha value is -3.90. The Morgan fingerprint density at radius 1 is 1.23 bits per heavy atom. The number of anilines is 3. The van der Waals surface area contributed by atoms with E-state index < -0.39 is 35.5 Å². The van der Waals surface area contributed by atoms with Gasteiger partial charge in [-0.1, -0.05) is 17.7 Å². The summed E-state index contributed by atoms with van der Waals surface area (Å²) >= 11 is 7.46. The summed E-state index contributed by atoms with van der Waals surface area (Å²) in [6.45, 7) is 9.67. The zero-order valence-corrected chi connectivity index (χ0v) is 24.3. The van der Waals surface area contributed by atoms with Crippen LogP contribution in [0, 0.1) is 5.82 Å². The van der Waals surface area contributed by atoms with Crippen molar-refractivity contribution in [3.05, 3.63) is 63.2 Å². The van der Waals surface area contributed by atoms with Crippen molar-refractivity contribution < 1.29 is 18.7 Å². The number of benzene rings is 1. The number of aromatic nitrogens is 3. The zero-order valence-electron chi connectivity index (χ0n) is 22.7. The van der Waals surface area contributed by atoms with Crippen molar-refractivity contribution in [2.75, 3.05) is 10.6 Å². The number of thiophene rings is 1. The van der Waals surface area contributed by atoms with Crippen LogP contribution in [0.1, 0.15) is 55.9 Å². The Kier molecular flexibility index (Phi) is 8.50. The first-order valence-electron chi connectivity index (χ1n) is 12.6. The number of halogens is 2. The van der Waals surface area contributed by atoms with E-state index in [2.05, 4.69) is 26.0 Å². The minimum absolute atomic E-state index is 0.0591. The minimum atomic E-state index is -0.849. The Morgan fingerprint density at radius 2 is 1.98 bits per heavy atom. The largest absolute Gasteiger partial charge is 0.444 e. The number of nitrogens with two attached hydrogens (primary N) is 1. The number of hydrogen-bond acceptors (Lipinski definition) is 8. The molecule has 0 aliphatic carbocycles. The molecular formula is C27H31ClFN7O3S. The van der Waals surface area contributed by atoms with Gasteiger partial charge in [-0.2, -0.15) is 5.10 Å². The number of amides is 2. The number of nitrogens with one attached hydrogen (secondary N) is 3. The summed E-state index contributed by atoms with van der Waals surface area (Å²) in [6.07, 6.45) is 1.07. The van der Waals surface area contributed by atoms with Crippen LogP contribution in [-0.2, 0) is 11.3 Å². The van der Waals surface area contributed by atoms with Gasteiger partial charge in [-0.05, 0) is 65.0 Å². The topological polar surface area (TPSA) is 136 Å². The maximum Gasteiger partial charge on any atom is 0.407 e. The lowest BCUT2D eigenvalue weighted by molar-refractivity contribution is 0.0503. The molecule has 10 nitrogen and oxygen atoms in total. The molecule has 0 saturated carbocycles. The fourth-order valence-electron chi connectivity index (χ4n) is 4.13. The number of fused-ring (bicyclic) bond motifs is 1. The highest BCUT2D eigenvalue weighted by molar-refractivity contribution is 7.16. The van der Waals surface area contributed by atoms with E-state index in [9.17, 15) is 9.59 Å². The number of nitrogens with zero attached hydrogens (tertiary/aromatic N) is 3. The molecule has 0 spiro atoms. The van der Waals surface area contributed by atoms with E-state index in [1.54, 1.807) is 52.1 Å². The summed E-state index contributed by atoms with van der Waals surface area (Å²) in [5.74, 6) is -1.74. The van der Waals surface area contributed by atoms with Crippen molar-refractivity contribution in [2.24, 2.45) is 5.73 Å². The van der Waals surface area contributed by atoms with Crippen LogP contribution in [0.5, 0.6) is 0 Å². The van der Waals surface area contributed by atoms with Crippen LogP contribution < -0.4 is 21.7 Å². The number of aryl methyl sites for hydroxylation is 1. The maximum absolute atomic E-state index is 15.4. The molecule has 1 aromatic carbocycles. The minimum Gasteiger partial charge on any atom is -0.444 e. The number of pyridine rings is 1. The SMILES string of the molecule is CCn1ncc2c(Nc3nc(N[C@H](c4ccc(Cl)s4)[C@H](C)NC(=O)OC(C)(C)C)c(F)cc3C(N)=O)cccc21. The maximum atomic E-state index is 15.4. The molecule has 0 radical (unpaired) electrons. The molecule has 3 aromatic heterocycles. The van der Waals surface area contributed by atoms with Gasteiger partial charge in [-0.3, -0.25) is 9.48 Å². The molecular weight excluding hydrogens is 557 g/mol. The van der Waals surface area contributed by atoms with Gasteiger partial charge in [0.25, 0.3) is 5.91 Å². The number of rotatable bonds is 9. The molecule has 4 aromatic rings. The van der Waals surface area contributed by atoms with Crippen LogP contribution in [0.4, 0.5) is 26.5 Å². The monoisotopic (exact) mass is 587 g/mol. The van der Waals surface area contributed by atoms with E-state index in [0.717, 1.165) is 21.8 Å². The molecule has 0 bridgehead atoms. The third-order valence-corrected chi connectivity index (χ3v) is 7.23. The van der Waals surface area contributed by atoms with Crippen LogP contribution in [-0.4, -0.2) is 38.4 Å². The average molecular weight is 588 g/mol. The second-order valence-electron chi connectivity index (χ2n) is 10.1. The van der Waals surface area contributed by atoms with Crippen molar-refractivity contribution in [3.63, 3.8) is 0 Å². The van der Waals surface area contributed by atoms with Gasteiger partial charge in [0.15, 0.2) is 11.6 Å². The lowest BCUT2D eigenvalue weighted by atomic mass is 10.1. The van der Waals surface area contributed by atoms with Gasteiger partial charge in [0.1, 0.15) is 11.4 Å². The molecule has 0 aliphatic rings. The van der Waals surface area contributed by atoms with Crippen molar-refractivity contribution >= 4 is 63.2 Å². The summed E-state index contributed by atoms with van der Waals surface area (Å²) in [4.78, 5) is 29.9. The molecule has 13 heteroatoms. The van der Waals surface area contributed by atoms with E-state index in [-0.39, 0.29) is 17.2 Å². The quantitative estimate of drug-likeness (QED) is 0.183. The van der Waals surface area contributed by atoms with Gasteiger partial charge in [0.2, 0.25) is 0 Å². The molecule has 0 saturated heterocycles.